The molecule has 7 nitrogen and oxygen atoms in total. The number of nitrogens with zero attached hydrogens (tertiary/aromatic N) is 3. The van der Waals surface area contributed by atoms with Crippen LogP contribution >= 0.6 is 0 Å². The molecule has 1 saturated heterocycles. The third kappa shape index (κ3) is 4.37. The molecule has 7 heteroatoms. The van der Waals surface area contributed by atoms with Gasteiger partial charge in [0.25, 0.3) is 5.91 Å². The Hall–Kier alpha value is -1.73. The van der Waals surface area contributed by atoms with E-state index in [1.807, 2.05) is 0 Å². The van der Waals surface area contributed by atoms with Crippen molar-refractivity contribution >= 4 is 11.7 Å². The van der Waals surface area contributed by atoms with E-state index in [-0.39, 0.29) is 17.8 Å². The van der Waals surface area contributed by atoms with Gasteiger partial charge in [-0.3, -0.25) is 9.69 Å². The summed E-state index contributed by atoms with van der Waals surface area (Å²) in [5.74, 6) is 0.589. The summed E-state index contributed by atoms with van der Waals surface area (Å²) >= 11 is 0. The highest BCUT2D eigenvalue weighted by Crippen LogP contribution is 2.12. The topological polar surface area (TPSA) is 93.4 Å². The van der Waals surface area contributed by atoms with Gasteiger partial charge in [-0.15, -0.1) is 0 Å². The molecule has 0 spiro atoms. The number of amides is 1. The van der Waals surface area contributed by atoms with Crippen LogP contribution in [-0.2, 0) is 4.74 Å². The molecule has 1 unspecified atom stereocenters. The van der Waals surface area contributed by atoms with Gasteiger partial charge in [0.2, 0.25) is 0 Å². The fraction of sp³-hybridized carbons (Fsp3) is 0.643. The number of carbonyl (C=O) groups excluding carboxylic acids is 1. The SMILES string of the molecule is COCCN1CCCC(NC(=O)c2cnc(C)nc2N)C1. The molecule has 1 amide bonds. The van der Waals surface area contributed by atoms with Crippen molar-refractivity contribution in [2.45, 2.75) is 25.8 Å². The van der Waals surface area contributed by atoms with Crippen LogP contribution in [-0.4, -0.2) is 60.2 Å². The highest BCUT2D eigenvalue weighted by atomic mass is 16.5. The highest BCUT2D eigenvalue weighted by Gasteiger charge is 2.22. The minimum atomic E-state index is -0.203. The summed E-state index contributed by atoms with van der Waals surface area (Å²) in [6.45, 7) is 5.22. The van der Waals surface area contributed by atoms with E-state index in [0.29, 0.717) is 18.0 Å². The second-order valence-corrected chi connectivity index (χ2v) is 5.32. The van der Waals surface area contributed by atoms with Crippen LogP contribution in [0, 0.1) is 6.92 Å². The predicted molar refractivity (Wildman–Crippen MR) is 80.0 cm³/mol. The number of nitrogens with two attached hydrogens (primary N) is 1. The molecule has 0 radical (unpaired) electrons. The van der Waals surface area contributed by atoms with Crippen molar-refractivity contribution in [3.8, 4) is 0 Å². The van der Waals surface area contributed by atoms with E-state index in [0.717, 1.165) is 32.5 Å². The molecular formula is C14H23N5O2. The maximum atomic E-state index is 12.3. The molecular weight excluding hydrogens is 270 g/mol. The first kappa shape index (κ1) is 15.7. The lowest BCUT2D eigenvalue weighted by atomic mass is 10.1. The van der Waals surface area contributed by atoms with Gasteiger partial charge in [-0.05, 0) is 26.3 Å². The fourth-order valence-corrected chi connectivity index (χ4v) is 2.52. The maximum absolute atomic E-state index is 12.3. The summed E-state index contributed by atoms with van der Waals surface area (Å²) in [5, 5.41) is 3.02. The van der Waals surface area contributed by atoms with Crippen LogP contribution in [0.3, 0.4) is 0 Å². The molecule has 3 N–H and O–H groups in total. The molecule has 0 aromatic carbocycles. The van der Waals surface area contributed by atoms with Crippen molar-refractivity contribution < 1.29 is 9.53 Å². The van der Waals surface area contributed by atoms with Crippen LogP contribution in [0.15, 0.2) is 6.20 Å². The number of hydrogen-bond donors (Lipinski definition) is 2. The molecule has 1 aromatic rings. The molecule has 21 heavy (non-hydrogen) atoms. The van der Waals surface area contributed by atoms with E-state index in [4.69, 9.17) is 10.5 Å². The average Bonchev–Trinajstić information content (AvgIpc) is 2.45. The van der Waals surface area contributed by atoms with Gasteiger partial charge in [-0.1, -0.05) is 0 Å². The molecule has 0 bridgehead atoms. The lowest BCUT2D eigenvalue weighted by Gasteiger charge is -2.32. The summed E-state index contributed by atoms with van der Waals surface area (Å²) in [4.78, 5) is 22.6. The zero-order chi connectivity index (χ0) is 15.2. The number of aromatic nitrogens is 2. The summed E-state index contributed by atoms with van der Waals surface area (Å²) in [6, 6.07) is 0.129. The zero-order valence-electron chi connectivity index (χ0n) is 12.6. The van der Waals surface area contributed by atoms with Crippen LogP contribution in [0.5, 0.6) is 0 Å². The number of ether oxygens (including phenoxy) is 1. The molecule has 1 fully saturated rings. The smallest absolute Gasteiger partial charge is 0.256 e. The van der Waals surface area contributed by atoms with E-state index in [1.54, 1.807) is 14.0 Å². The van der Waals surface area contributed by atoms with E-state index < -0.39 is 0 Å². The first-order valence-corrected chi connectivity index (χ1v) is 7.21. The first-order valence-electron chi connectivity index (χ1n) is 7.21. The summed E-state index contributed by atoms with van der Waals surface area (Å²) in [7, 11) is 1.70. The molecule has 116 valence electrons. The number of anilines is 1. The van der Waals surface area contributed by atoms with Crippen molar-refractivity contribution in [2.75, 3.05) is 39.1 Å². The van der Waals surface area contributed by atoms with Gasteiger partial charge in [0.05, 0.1) is 12.2 Å². The second-order valence-electron chi connectivity index (χ2n) is 5.32. The second kappa shape index (κ2) is 7.33. The quantitative estimate of drug-likeness (QED) is 0.806. The van der Waals surface area contributed by atoms with Crippen molar-refractivity contribution in [2.24, 2.45) is 0 Å². The van der Waals surface area contributed by atoms with Crippen LogP contribution in [0.1, 0.15) is 29.0 Å². The molecule has 2 rings (SSSR count). The third-order valence-electron chi connectivity index (χ3n) is 3.64. The molecule has 1 aliphatic heterocycles. The van der Waals surface area contributed by atoms with Gasteiger partial charge in [0.15, 0.2) is 0 Å². The standard InChI is InChI=1S/C14H23N5O2/c1-10-16-8-12(13(15)17-10)14(20)18-11-4-3-5-19(9-11)6-7-21-2/h8,11H,3-7,9H2,1-2H3,(H,18,20)(H2,15,16,17). The summed E-state index contributed by atoms with van der Waals surface area (Å²) in [5.41, 5.74) is 6.12. The molecule has 1 aromatic heterocycles. The van der Waals surface area contributed by atoms with Crippen LogP contribution in [0.2, 0.25) is 0 Å². The van der Waals surface area contributed by atoms with E-state index in [2.05, 4.69) is 20.2 Å². The summed E-state index contributed by atoms with van der Waals surface area (Å²) in [6.07, 6.45) is 3.52. The molecule has 1 atom stereocenters. The van der Waals surface area contributed by atoms with Crippen molar-refractivity contribution in [3.63, 3.8) is 0 Å². The highest BCUT2D eigenvalue weighted by molar-refractivity contribution is 5.98. The summed E-state index contributed by atoms with van der Waals surface area (Å²) < 4.78 is 5.10. The average molecular weight is 293 g/mol. The molecule has 0 aliphatic carbocycles. The third-order valence-corrected chi connectivity index (χ3v) is 3.64. The van der Waals surface area contributed by atoms with E-state index in [1.165, 1.54) is 6.20 Å². The monoisotopic (exact) mass is 293 g/mol. The Morgan fingerprint density at radius 2 is 2.43 bits per heavy atom. The first-order chi connectivity index (χ1) is 10.1. The minimum absolute atomic E-state index is 0.129. The minimum Gasteiger partial charge on any atom is -0.383 e. The predicted octanol–water partition coefficient (Wildman–Crippen LogP) is 0.208. The molecule has 2 heterocycles. The van der Waals surface area contributed by atoms with Crippen molar-refractivity contribution in [3.05, 3.63) is 17.6 Å². The van der Waals surface area contributed by atoms with Gasteiger partial charge in [0.1, 0.15) is 11.6 Å². The lowest BCUT2D eigenvalue weighted by Crippen LogP contribution is -2.48. The number of rotatable bonds is 5. The van der Waals surface area contributed by atoms with Crippen LogP contribution in [0.4, 0.5) is 5.82 Å². The Balaban J connectivity index is 1.92. The number of piperidine rings is 1. The van der Waals surface area contributed by atoms with Gasteiger partial charge in [-0.25, -0.2) is 9.97 Å². The van der Waals surface area contributed by atoms with E-state index >= 15 is 0 Å². The Bertz CT molecular complexity index is 494. The number of nitrogen functional groups attached to an aromatic ring is 1. The maximum Gasteiger partial charge on any atom is 0.256 e. The fourth-order valence-electron chi connectivity index (χ4n) is 2.52. The number of hydrogen-bond acceptors (Lipinski definition) is 6. The van der Waals surface area contributed by atoms with Crippen LogP contribution in [0.25, 0.3) is 0 Å². The number of carbonyl (C=O) groups is 1. The number of methoxy groups -OCH3 is 1. The number of aryl methyl sites for hydroxylation is 1. The van der Waals surface area contributed by atoms with E-state index in [9.17, 15) is 4.79 Å². The van der Waals surface area contributed by atoms with Gasteiger partial charge >= 0.3 is 0 Å². The van der Waals surface area contributed by atoms with Crippen molar-refractivity contribution in [1.82, 2.24) is 20.2 Å². The van der Waals surface area contributed by atoms with Crippen LogP contribution < -0.4 is 11.1 Å². The lowest BCUT2D eigenvalue weighted by molar-refractivity contribution is 0.0879. The van der Waals surface area contributed by atoms with Crippen molar-refractivity contribution in [1.29, 1.82) is 0 Å². The Morgan fingerprint density at radius 3 is 3.14 bits per heavy atom. The number of likely N-dealkylation sites (tertiary alicyclic amines) is 1. The normalized spacial score (nSPS) is 19.4. The van der Waals surface area contributed by atoms with Gasteiger partial charge < -0.3 is 15.8 Å². The molecule has 0 saturated carbocycles. The van der Waals surface area contributed by atoms with Gasteiger partial charge in [-0.2, -0.15) is 0 Å². The molecule has 1 aliphatic rings. The number of nitrogens with one attached hydrogen (secondary N) is 1. The zero-order valence-corrected chi connectivity index (χ0v) is 12.6. The largest absolute Gasteiger partial charge is 0.383 e. The Kier molecular flexibility index (Phi) is 5.46. The Morgan fingerprint density at radius 1 is 1.62 bits per heavy atom. The van der Waals surface area contributed by atoms with Gasteiger partial charge in [0, 0.05) is 32.4 Å². The Labute approximate surface area is 124 Å².